The summed E-state index contributed by atoms with van der Waals surface area (Å²) in [5, 5.41) is 0. The van der Waals surface area contributed by atoms with Crippen LogP contribution in [-0.4, -0.2) is 39.5 Å². The van der Waals surface area contributed by atoms with Crippen LogP contribution in [0.2, 0.25) is 0 Å². The topological polar surface area (TPSA) is 176 Å². The molecule has 4 aromatic heterocycles. The van der Waals surface area contributed by atoms with Crippen LogP contribution in [0, 0.1) is 0 Å². The van der Waals surface area contributed by atoms with Crippen molar-refractivity contribution in [2.45, 2.75) is 0 Å². The molecule has 0 spiro atoms. The SMILES string of the molecule is O=P(O)(O)OP(=O)(O)O.c1ccncc1.c1ccncc1.c1ccncc1.c1ccncc1. The van der Waals surface area contributed by atoms with Crippen molar-refractivity contribution in [1.29, 1.82) is 0 Å². The first kappa shape index (κ1) is 29.9. The average Bonchev–Trinajstić information content (AvgIpc) is 2.83. The lowest BCUT2D eigenvalue weighted by molar-refractivity contribution is 0.225. The van der Waals surface area contributed by atoms with Crippen molar-refractivity contribution < 1.29 is 33.0 Å². The quantitative estimate of drug-likeness (QED) is 0.300. The summed E-state index contributed by atoms with van der Waals surface area (Å²) in [7, 11) is -10.1. The molecule has 13 heteroatoms. The Balaban J connectivity index is 0.000000391. The zero-order chi connectivity index (χ0) is 24.7. The predicted molar refractivity (Wildman–Crippen MR) is 122 cm³/mol. The van der Waals surface area contributed by atoms with Gasteiger partial charge in [0.25, 0.3) is 0 Å². The maximum atomic E-state index is 9.63. The summed E-state index contributed by atoms with van der Waals surface area (Å²) in [6, 6.07) is 22.9. The van der Waals surface area contributed by atoms with Gasteiger partial charge in [0.1, 0.15) is 0 Å². The molecule has 0 aliphatic heterocycles. The van der Waals surface area contributed by atoms with Crippen LogP contribution in [0.4, 0.5) is 0 Å². The summed E-state index contributed by atoms with van der Waals surface area (Å²) >= 11 is 0. The van der Waals surface area contributed by atoms with Gasteiger partial charge in [-0.25, -0.2) is 9.13 Å². The van der Waals surface area contributed by atoms with Crippen molar-refractivity contribution in [1.82, 2.24) is 19.9 Å². The van der Waals surface area contributed by atoms with E-state index in [1.807, 2.05) is 72.8 Å². The highest BCUT2D eigenvalue weighted by molar-refractivity contribution is 7.60. The molecule has 0 aromatic carbocycles. The maximum Gasteiger partial charge on any atom is 0.478 e. The minimum absolute atomic E-state index is 1.75. The Labute approximate surface area is 191 Å². The van der Waals surface area contributed by atoms with Crippen LogP contribution in [0.15, 0.2) is 122 Å². The molecule has 4 aromatic rings. The number of hydrogen-bond acceptors (Lipinski definition) is 7. The van der Waals surface area contributed by atoms with Gasteiger partial charge in [-0.3, -0.25) is 19.9 Å². The van der Waals surface area contributed by atoms with Gasteiger partial charge < -0.3 is 19.6 Å². The zero-order valence-corrected chi connectivity index (χ0v) is 19.0. The zero-order valence-electron chi connectivity index (χ0n) is 17.2. The van der Waals surface area contributed by atoms with E-state index in [1.165, 1.54) is 0 Å². The number of nitrogens with zero attached hydrogens (tertiary/aromatic N) is 4. The highest BCUT2D eigenvalue weighted by Crippen LogP contribution is 2.53. The second-order valence-electron chi connectivity index (χ2n) is 5.16. The van der Waals surface area contributed by atoms with Crippen molar-refractivity contribution in [3.05, 3.63) is 122 Å². The molecule has 11 nitrogen and oxygen atoms in total. The Morgan fingerprint density at radius 2 is 0.576 bits per heavy atom. The lowest BCUT2D eigenvalue weighted by Gasteiger charge is -2.03. The van der Waals surface area contributed by atoms with Crippen LogP contribution in [-0.2, 0) is 13.4 Å². The van der Waals surface area contributed by atoms with Crippen molar-refractivity contribution in [2.24, 2.45) is 0 Å². The van der Waals surface area contributed by atoms with Gasteiger partial charge >= 0.3 is 15.6 Å². The van der Waals surface area contributed by atoms with Gasteiger partial charge in [-0.2, -0.15) is 4.31 Å². The van der Waals surface area contributed by atoms with E-state index < -0.39 is 15.6 Å². The fraction of sp³-hybridized carbons (Fsp3) is 0. The number of phosphoric acid groups is 2. The van der Waals surface area contributed by atoms with Crippen LogP contribution < -0.4 is 0 Å². The van der Waals surface area contributed by atoms with E-state index in [1.54, 1.807) is 49.6 Å². The van der Waals surface area contributed by atoms with Crippen molar-refractivity contribution >= 4 is 15.6 Å². The molecular formula is C20H24N4O7P2. The number of aromatic nitrogens is 4. The van der Waals surface area contributed by atoms with Crippen molar-refractivity contribution in [3.63, 3.8) is 0 Å². The lowest BCUT2D eigenvalue weighted by Crippen LogP contribution is -1.84. The molecule has 0 fully saturated rings. The van der Waals surface area contributed by atoms with E-state index in [-0.39, 0.29) is 0 Å². The van der Waals surface area contributed by atoms with E-state index in [9.17, 15) is 9.13 Å². The molecule has 4 rings (SSSR count). The Hall–Kier alpha value is -3.14. The molecule has 176 valence electrons. The molecule has 0 saturated heterocycles. The molecule has 33 heavy (non-hydrogen) atoms. The molecule has 4 N–H and O–H groups in total. The molecule has 4 heterocycles. The summed E-state index contributed by atoms with van der Waals surface area (Å²) in [5.74, 6) is 0. The third kappa shape index (κ3) is 28.9. The predicted octanol–water partition coefficient (Wildman–Crippen LogP) is 3.51. The minimum Gasteiger partial charge on any atom is -0.302 e. The van der Waals surface area contributed by atoms with E-state index >= 15 is 0 Å². The molecule has 0 unspecified atom stereocenters. The Morgan fingerprint density at radius 3 is 0.606 bits per heavy atom. The smallest absolute Gasteiger partial charge is 0.302 e. The van der Waals surface area contributed by atoms with Gasteiger partial charge in [0.2, 0.25) is 0 Å². The van der Waals surface area contributed by atoms with Crippen LogP contribution >= 0.6 is 15.6 Å². The summed E-state index contributed by atoms with van der Waals surface area (Å²) in [4.78, 5) is 46.1. The Kier molecular flexibility index (Phi) is 17.7. The van der Waals surface area contributed by atoms with Gasteiger partial charge in [0, 0.05) is 49.6 Å². The van der Waals surface area contributed by atoms with Gasteiger partial charge in [-0.05, 0) is 48.5 Å². The van der Waals surface area contributed by atoms with Gasteiger partial charge in [0.15, 0.2) is 0 Å². The molecule has 0 amide bonds. The largest absolute Gasteiger partial charge is 0.478 e. The van der Waals surface area contributed by atoms with E-state index in [0.29, 0.717) is 0 Å². The summed E-state index contributed by atoms with van der Waals surface area (Å²) in [6.07, 6.45) is 14.0. The molecule has 0 aliphatic rings. The van der Waals surface area contributed by atoms with Gasteiger partial charge in [0.05, 0.1) is 0 Å². The van der Waals surface area contributed by atoms with Crippen LogP contribution in [0.5, 0.6) is 0 Å². The van der Waals surface area contributed by atoms with Crippen molar-refractivity contribution in [3.8, 4) is 0 Å². The molecule has 0 radical (unpaired) electrons. The molecular weight excluding hydrogens is 470 g/mol. The standard InChI is InChI=1S/4C5H5N.H4O7P2/c4*1-2-4-6-5-3-1;1-8(2,3)7-9(4,5)6/h4*1-5H;(H2,1,2,3)(H2,4,5,6). The Morgan fingerprint density at radius 1 is 0.394 bits per heavy atom. The number of hydrogen-bond donors (Lipinski definition) is 4. The first-order valence-corrected chi connectivity index (χ1v) is 12.0. The highest BCUT2D eigenvalue weighted by Gasteiger charge is 2.27. The average molecular weight is 494 g/mol. The fourth-order valence-electron chi connectivity index (χ4n) is 1.39. The Bertz CT molecular complexity index is 741. The second kappa shape index (κ2) is 19.5. The first-order chi connectivity index (χ1) is 15.7. The van der Waals surface area contributed by atoms with Crippen LogP contribution in [0.3, 0.4) is 0 Å². The van der Waals surface area contributed by atoms with E-state index in [2.05, 4.69) is 24.2 Å². The molecule has 0 atom stereocenters. The summed E-state index contributed by atoms with van der Waals surface area (Å²) in [5.41, 5.74) is 0. The van der Waals surface area contributed by atoms with Crippen molar-refractivity contribution in [2.75, 3.05) is 0 Å². The van der Waals surface area contributed by atoms with Crippen LogP contribution in [0.25, 0.3) is 0 Å². The second-order valence-corrected chi connectivity index (χ2v) is 7.78. The number of pyridine rings is 4. The molecule has 0 saturated carbocycles. The summed E-state index contributed by atoms with van der Waals surface area (Å²) in [6.45, 7) is 0. The van der Waals surface area contributed by atoms with Gasteiger partial charge in [-0.15, -0.1) is 0 Å². The normalized spacial score (nSPS) is 9.58. The third-order valence-electron chi connectivity index (χ3n) is 2.48. The maximum absolute atomic E-state index is 9.63. The van der Waals surface area contributed by atoms with Crippen LogP contribution in [0.1, 0.15) is 0 Å². The minimum atomic E-state index is -5.05. The molecule has 0 bridgehead atoms. The lowest BCUT2D eigenvalue weighted by atomic mass is 10.5. The first-order valence-electron chi connectivity index (χ1n) is 8.93. The fourth-order valence-corrected chi connectivity index (χ4v) is 2.50. The number of rotatable bonds is 2. The van der Waals surface area contributed by atoms with E-state index in [0.717, 1.165) is 0 Å². The molecule has 0 aliphatic carbocycles. The van der Waals surface area contributed by atoms with Gasteiger partial charge in [-0.1, -0.05) is 24.3 Å². The third-order valence-corrected chi connectivity index (χ3v) is 4.18. The monoisotopic (exact) mass is 494 g/mol. The summed E-state index contributed by atoms with van der Waals surface area (Å²) < 4.78 is 22.2. The highest BCUT2D eigenvalue weighted by atomic mass is 31.3. The van der Waals surface area contributed by atoms with E-state index in [4.69, 9.17) is 19.6 Å².